The summed E-state index contributed by atoms with van der Waals surface area (Å²) in [5.74, 6) is -0.00597. The summed E-state index contributed by atoms with van der Waals surface area (Å²) in [5.41, 5.74) is 8.21. The SMILES string of the molecule is CN(Cc1ccc(Cl)cc1)C(=O)c1cc(N)cn1C1CC1. The average molecular weight is 304 g/mol. The topological polar surface area (TPSA) is 51.3 Å². The summed E-state index contributed by atoms with van der Waals surface area (Å²) in [4.78, 5) is 14.3. The molecule has 2 N–H and O–H groups in total. The van der Waals surface area contributed by atoms with Gasteiger partial charge < -0.3 is 15.2 Å². The Balaban J connectivity index is 1.76. The van der Waals surface area contributed by atoms with Crippen LogP contribution in [0.5, 0.6) is 0 Å². The van der Waals surface area contributed by atoms with Crippen LogP contribution in [-0.2, 0) is 6.54 Å². The van der Waals surface area contributed by atoms with E-state index in [-0.39, 0.29) is 5.91 Å². The molecule has 1 aromatic heterocycles. The van der Waals surface area contributed by atoms with Crippen LogP contribution in [-0.4, -0.2) is 22.4 Å². The van der Waals surface area contributed by atoms with Gasteiger partial charge in [0.1, 0.15) is 5.69 Å². The quantitative estimate of drug-likeness (QED) is 0.942. The highest BCUT2D eigenvalue weighted by Gasteiger charge is 2.28. The Morgan fingerprint density at radius 3 is 2.67 bits per heavy atom. The second-order valence-corrected chi connectivity index (χ2v) is 6.02. The van der Waals surface area contributed by atoms with Crippen molar-refractivity contribution in [3.63, 3.8) is 0 Å². The molecular formula is C16H18ClN3O. The molecule has 1 aromatic carbocycles. The standard InChI is InChI=1S/C16H18ClN3O/c1-19(9-11-2-4-12(17)5-3-11)16(21)15-8-13(18)10-20(15)14-6-7-14/h2-5,8,10,14H,6-7,9,18H2,1H3. The Morgan fingerprint density at radius 1 is 1.38 bits per heavy atom. The number of hydrogen-bond donors (Lipinski definition) is 1. The molecule has 110 valence electrons. The number of nitrogens with two attached hydrogens (primary N) is 1. The van der Waals surface area contributed by atoms with E-state index >= 15 is 0 Å². The van der Waals surface area contributed by atoms with E-state index in [1.807, 2.05) is 35.0 Å². The van der Waals surface area contributed by atoms with Crippen molar-refractivity contribution in [1.82, 2.24) is 9.47 Å². The molecule has 0 atom stereocenters. The zero-order chi connectivity index (χ0) is 15.0. The van der Waals surface area contributed by atoms with Crippen molar-refractivity contribution in [2.24, 2.45) is 0 Å². The molecule has 2 aromatic rings. The van der Waals surface area contributed by atoms with Gasteiger partial charge in [-0.3, -0.25) is 4.79 Å². The lowest BCUT2D eigenvalue weighted by Gasteiger charge is -2.18. The lowest BCUT2D eigenvalue weighted by molar-refractivity contribution is 0.0774. The Labute approximate surface area is 129 Å². The number of benzene rings is 1. The lowest BCUT2D eigenvalue weighted by Crippen LogP contribution is -2.28. The summed E-state index contributed by atoms with van der Waals surface area (Å²) in [5, 5.41) is 0.697. The Hall–Kier alpha value is -1.94. The van der Waals surface area contributed by atoms with Gasteiger partial charge in [-0.1, -0.05) is 23.7 Å². The molecule has 1 aliphatic carbocycles. The number of anilines is 1. The first kappa shape index (κ1) is 14.0. The number of rotatable bonds is 4. The molecule has 4 nitrogen and oxygen atoms in total. The summed E-state index contributed by atoms with van der Waals surface area (Å²) in [6, 6.07) is 9.73. The summed E-state index contributed by atoms with van der Waals surface area (Å²) >= 11 is 5.87. The second-order valence-electron chi connectivity index (χ2n) is 5.58. The highest BCUT2D eigenvalue weighted by molar-refractivity contribution is 6.30. The average Bonchev–Trinajstić information content (AvgIpc) is 3.23. The van der Waals surface area contributed by atoms with Gasteiger partial charge in [0.25, 0.3) is 5.91 Å². The molecule has 0 saturated heterocycles. The zero-order valence-corrected chi connectivity index (χ0v) is 12.7. The highest BCUT2D eigenvalue weighted by Crippen LogP contribution is 2.37. The normalized spacial score (nSPS) is 14.2. The van der Waals surface area contributed by atoms with Crippen LogP contribution in [0.3, 0.4) is 0 Å². The van der Waals surface area contributed by atoms with Crippen molar-refractivity contribution in [2.45, 2.75) is 25.4 Å². The molecule has 1 amide bonds. The van der Waals surface area contributed by atoms with E-state index in [4.69, 9.17) is 17.3 Å². The fraction of sp³-hybridized carbons (Fsp3) is 0.312. The van der Waals surface area contributed by atoms with Crippen LogP contribution >= 0.6 is 11.6 Å². The van der Waals surface area contributed by atoms with Gasteiger partial charge in [0, 0.05) is 30.9 Å². The number of carbonyl (C=O) groups excluding carboxylic acids is 1. The van der Waals surface area contributed by atoms with Crippen LogP contribution in [0.25, 0.3) is 0 Å². The maximum atomic E-state index is 12.6. The molecule has 0 spiro atoms. The predicted molar refractivity (Wildman–Crippen MR) is 84.4 cm³/mol. The fourth-order valence-corrected chi connectivity index (χ4v) is 2.58. The van der Waals surface area contributed by atoms with Crippen molar-refractivity contribution < 1.29 is 4.79 Å². The fourth-order valence-electron chi connectivity index (χ4n) is 2.46. The van der Waals surface area contributed by atoms with Crippen LogP contribution in [0.2, 0.25) is 5.02 Å². The number of aromatic nitrogens is 1. The largest absolute Gasteiger partial charge is 0.397 e. The first-order valence-electron chi connectivity index (χ1n) is 7.02. The second kappa shape index (κ2) is 5.45. The number of hydrogen-bond acceptors (Lipinski definition) is 2. The third kappa shape index (κ3) is 3.05. The van der Waals surface area contributed by atoms with Crippen LogP contribution in [0, 0.1) is 0 Å². The van der Waals surface area contributed by atoms with Gasteiger partial charge in [0.15, 0.2) is 0 Å². The lowest BCUT2D eigenvalue weighted by atomic mass is 10.2. The maximum Gasteiger partial charge on any atom is 0.270 e. The molecule has 0 aliphatic heterocycles. The van der Waals surface area contributed by atoms with Crippen molar-refractivity contribution in [3.05, 3.63) is 52.8 Å². The zero-order valence-electron chi connectivity index (χ0n) is 11.9. The van der Waals surface area contributed by atoms with Crippen LogP contribution < -0.4 is 5.73 Å². The molecule has 1 saturated carbocycles. The number of halogens is 1. The van der Waals surface area contributed by atoms with Gasteiger partial charge in [-0.05, 0) is 36.6 Å². The van der Waals surface area contributed by atoms with E-state index in [0.29, 0.717) is 29.0 Å². The minimum Gasteiger partial charge on any atom is -0.397 e. The van der Waals surface area contributed by atoms with E-state index in [2.05, 4.69) is 0 Å². The molecule has 1 fully saturated rings. The van der Waals surface area contributed by atoms with Crippen LogP contribution in [0.1, 0.15) is 34.9 Å². The maximum absolute atomic E-state index is 12.6. The third-order valence-electron chi connectivity index (χ3n) is 3.71. The van der Waals surface area contributed by atoms with Gasteiger partial charge in [-0.25, -0.2) is 0 Å². The van der Waals surface area contributed by atoms with Crippen LogP contribution in [0.4, 0.5) is 5.69 Å². The Bertz CT molecular complexity index is 659. The van der Waals surface area contributed by atoms with Crippen molar-refractivity contribution in [3.8, 4) is 0 Å². The van der Waals surface area contributed by atoms with Gasteiger partial charge in [0.2, 0.25) is 0 Å². The summed E-state index contributed by atoms with van der Waals surface area (Å²) in [6.07, 6.45) is 4.10. The smallest absolute Gasteiger partial charge is 0.270 e. The summed E-state index contributed by atoms with van der Waals surface area (Å²) in [7, 11) is 1.80. The van der Waals surface area contributed by atoms with Crippen molar-refractivity contribution in [2.75, 3.05) is 12.8 Å². The van der Waals surface area contributed by atoms with E-state index in [0.717, 1.165) is 18.4 Å². The number of nitrogen functional groups attached to an aromatic ring is 1. The summed E-state index contributed by atoms with van der Waals surface area (Å²) < 4.78 is 2.01. The third-order valence-corrected chi connectivity index (χ3v) is 3.96. The molecule has 21 heavy (non-hydrogen) atoms. The first-order valence-corrected chi connectivity index (χ1v) is 7.39. The molecule has 5 heteroatoms. The van der Waals surface area contributed by atoms with Crippen molar-refractivity contribution in [1.29, 1.82) is 0 Å². The first-order chi connectivity index (χ1) is 10.0. The molecule has 0 unspecified atom stereocenters. The van der Waals surface area contributed by atoms with E-state index in [9.17, 15) is 4.79 Å². The van der Waals surface area contributed by atoms with E-state index in [1.165, 1.54) is 0 Å². The molecule has 1 aliphatic rings. The molecule has 3 rings (SSSR count). The van der Waals surface area contributed by atoms with Gasteiger partial charge in [-0.15, -0.1) is 0 Å². The van der Waals surface area contributed by atoms with E-state index in [1.54, 1.807) is 18.0 Å². The van der Waals surface area contributed by atoms with Gasteiger partial charge >= 0.3 is 0 Å². The minimum absolute atomic E-state index is 0.00597. The molecular weight excluding hydrogens is 286 g/mol. The predicted octanol–water partition coefficient (Wildman–Crippen LogP) is 3.33. The summed E-state index contributed by atoms with van der Waals surface area (Å²) in [6.45, 7) is 0.547. The molecule has 0 radical (unpaired) electrons. The van der Waals surface area contributed by atoms with Gasteiger partial charge in [-0.2, -0.15) is 0 Å². The Morgan fingerprint density at radius 2 is 2.05 bits per heavy atom. The highest BCUT2D eigenvalue weighted by atomic mass is 35.5. The number of nitrogens with zero attached hydrogens (tertiary/aromatic N) is 2. The van der Waals surface area contributed by atoms with Crippen molar-refractivity contribution >= 4 is 23.2 Å². The number of carbonyl (C=O) groups is 1. The van der Waals surface area contributed by atoms with Gasteiger partial charge in [0.05, 0.1) is 5.69 Å². The minimum atomic E-state index is -0.00597. The molecule has 0 bridgehead atoms. The monoisotopic (exact) mass is 303 g/mol. The van der Waals surface area contributed by atoms with Crippen LogP contribution in [0.15, 0.2) is 36.5 Å². The number of amides is 1. The Kier molecular flexibility index (Phi) is 3.64. The van der Waals surface area contributed by atoms with E-state index < -0.39 is 0 Å². The molecule has 1 heterocycles.